The van der Waals surface area contributed by atoms with E-state index >= 15 is 0 Å². The van der Waals surface area contributed by atoms with Gasteiger partial charge >= 0.3 is 0 Å². The first-order valence-electron chi connectivity index (χ1n) is 8.67. The monoisotopic (exact) mass is 367 g/mol. The zero-order valence-corrected chi connectivity index (χ0v) is 16.2. The molecule has 0 aromatic heterocycles. The van der Waals surface area contributed by atoms with Gasteiger partial charge in [0.05, 0.1) is 20.8 Å². The molecule has 140 valence electrons. The second-order valence-corrected chi connectivity index (χ2v) is 7.17. The first kappa shape index (κ1) is 19.6. The lowest BCUT2D eigenvalue weighted by Gasteiger charge is -2.15. The number of hydrogen-bond donors (Lipinski definition) is 2. The average molecular weight is 368 g/mol. The number of guanidine groups is 1. The van der Waals surface area contributed by atoms with Crippen LogP contribution in [0, 0.1) is 0 Å². The van der Waals surface area contributed by atoms with E-state index in [0.717, 1.165) is 42.7 Å². The number of methoxy groups -OCH3 is 2. The molecule has 7 heteroatoms. The highest BCUT2D eigenvalue weighted by Crippen LogP contribution is 2.27. The zero-order valence-electron chi connectivity index (χ0n) is 15.3. The summed E-state index contributed by atoms with van der Waals surface area (Å²) in [6, 6.07) is 5.54. The van der Waals surface area contributed by atoms with Crippen molar-refractivity contribution in [1.29, 1.82) is 0 Å². The van der Waals surface area contributed by atoms with Crippen LogP contribution in [0.2, 0.25) is 0 Å². The Bertz CT molecular complexity index is 526. The number of aliphatic imine (C=N–C) groups is 1. The molecule has 2 rings (SSSR count). The zero-order chi connectivity index (χ0) is 17.9. The highest BCUT2D eigenvalue weighted by atomic mass is 32.2. The quantitative estimate of drug-likeness (QED) is 0.397. The second-order valence-electron chi connectivity index (χ2n) is 5.77. The Morgan fingerprint density at radius 2 is 1.88 bits per heavy atom. The Hall–Kier alpha value is -1.76. The van der Waals surface area contributed by atoms with E-state index in [0.29, 0.717) is 11.9 Å². The van der Waals surface area contributed by atoms with Gasteiger partial charge in [-0.25, -0.2) is 0 Å². The van der Waals surface area contributed by atoms with Gasteiger partial charge in [-0.05, 0) is 25.0 Å². The Balaban J connectivity index is 1.64. The van der Waals surface area contributed by atoms with Gasteiger partial charge in [0.25, 0.3) is 0 Å². The molecule has 0 spiro atoms. The maximum Gasteiger partial charge on any atom is 0.191 e. The van der Waals surface area contributed by atoms with Crippen LogP contribution < -0.4 is 24.8 Å². The van der Waals surface area contributed by atoms with E-state index in [2.05, 4.69) is 15.6 Å². The summed E-state index contributed by atoms with van der Waals surface area (Å²) < 4.78 is 16.3. The molecular weight excluding hydrogens is 338 g/mol. The number of thioether (sulfide) groups is 1. The Morgan fingerprint density at radius 1 is 1.16 bits per heavy atom. The van der Waals surface area contributed by atoms with Crippen LogP contribution in [0.4, 0.5) is 0 Å². The lowest BCUT2D eigenvalue weighted by Crippen LogP contribution is -2.40. The first-order chi connectivity index (χ1) is 12.2. The van der Waals surface area contributed by atoms with E-state index in [1.807, 2.05) is 30.0 Å². The predicted molar refractivity (Wildman–Crippen MR) is 105 cm³/mol. The molecule has 2 N–H and O–H groups in total. The topological polar surface area (TPSA) is 64.1 Å². The molecule has 1 heterocycles. The van der Waals surface area contributed by atoms with Crippen LogP contribution in [0.5, 0.6) is 17.2 Å². The van der Waals surface area contributed by atoms with E-state index in [9.17, 15) is 0 Å². The normalized spacial score (nSPS) is 17.2. The number of nitrogens with one attached hydrogen (secondary N) is 2. The maximum absolute atomic E-state index is 5.78. The SMILES string of the molecule is CN=C(NCCCOc1cc(OC)cc(OC)c1)NCC1CCCS1. The van der Waals surface area contributed by atoms with E-state index in [-0.39, 0.29) is 0 Å². The number of hydrogen-bond acceptors (Lipinski definition) is 5. The standard InChI is InChI=1S/C18H29N3O3S/c1-19-18(21-13-17-6-4-9-25-17)20-7-5-8-24-16-11-14(22-2)10-15(12-16)23-3/h10-12,17H,4-9,13H2,1-3H3,(H2,19,20,21). The molecule has 0 amide bonds. The molecule has 1 fully saturated rings. The number of rotatable bonds is 9. The molecule has 1 unspecified atom stereocenters. The Labute approximate surface area is 154 Å². The third-order valence-electron chi connectivity index (χ3n) is 3.95. The Morgan fingerprint density at radius 3 is 2.48 bits per heavy atom. The minimum Gasteiger partial charge on any atom is -0.496 e. The van der Waals surface area contributed by atoms with Crippen LogP contribution >= 0.6 is 11.8 Å². The lowest BCUT2D eigenvalue weighted by molar-refractivity contribution is 0.305. The smallest absolute Gasteiger partial charge is 0.191 e. The summed E-state index contributed by atoms with van der Waals surface area (Å²) in [5.41, 5.74) is 0. The fourth-order valence-electron chi connectivity index (χ4n) is 2.57. The van der Waals surface area contributed by atoms with Crippen molar-refractivity contribution in [1.82, 2.24) is 10.6 Å². The van der Waals surface area contributed by atoms with Gasteiger partial charge in [-0.3, -0.25) is 4.99 Å². The van der Waals surface area contributed by atoms with Gasteiger partial charge in [-0.1, -0.05) is 0 Å². The minimum absolute atomic E-state index is 0.610. The van der Waals surface area contributed by atoms with Gasteiger partial charge in [0.1, 0.15) is 17.2 Å². The molecule has 0 aliphatic carbocycles. The van der Waals surface area contributed by atoms with E-state index in [1.165, 1.54) is 18.6 Å². The summed E-state index contributed by atoms with van der Waals surface area (Å²) in [6.07, 6.45) is 3.50. The van der Waals surface area contributed by atoms with Crippen molar-refractivity contribution >= 4 is 17.7 Å². The molecule has 1 aliphatic heterocycles. The molecule has 0 bridgehead atoms. The molecule has 1 saturated heterocycles. The summed E-state index contributed by atoms with van der Waals surface area (Å²) in [5.74, 6) is 4.33. The largest absolute Gasteiger partial charge is 0.496 e. The van der Waals surface area contributed by atoms with E-state index in [4.69, 9.17) is 14.2 Å². The highest BCUT2D eigenvalue weighted by molar-refractivity contribution is 8.00. The third-order valence-corrected chi connectivity index (χ3v) is 5.35. The molecule has 0 saturated carbocycles. The Kier molecular flexibility index (Phi) is 8.59. The number of ether oxygens (including phenoxy) is 3. The predicted octanol–water partition coefficient (Wildman–Crippen LogP) is 2.53. The van der Waals surface area contributed by atoms with Crippen molar-refractivity contribution in [3.05, 3.63) is 18.2 Å². The van der Waals surface area contributed by atoms with Crippen molar-refractivity contribution in [2.75, 3.05) is 46.7 Å². The molecular formula is C18H29N3O3S. The summed E-state index contributed by atoms with van der Waals surface area (Å²) in [7, 11) is 5.06. The van der Waals surface area contributed by atoms with Crippen LogP contribution in [-0.4, -0.2) is 57.9 Å². The fraction of sp³-hybridized carbons (Fsp3) is 0.611. The molecule has 1 aromatic carbocycles. The van der Waals surface area contributed by atoms with Crippen LogP contribution in [0.3, 0.4) is 0 Å². The van der Waals surface area contributed by atoms with Gasteiger partial charge in [0.2, 0.25) is 0 Å². The number of nitrogens with zero attached hydrogens (tertiary/aromatic N) is 1. The van der Waals surface area contributed by atoms with Crippen LogP contribution in [0.1, 0.15) is 19.3 Å². The average Bonchev–Trinajstić information content (AvgIpc) is 3.17. The highest BCUT2D eigenvalue weighted by Gasteiger charge is 2.15. The lowest BCUT2D eigenvalue weighted by atomic mass is 10.2. The van der Waals surface area contributed by atoms with Crippen LogP contribution in [-0.2, 0) is 0 Å². The number of benzene rings is 1. The van der Waals surface area contributed by atoms with Crippen molar-refractivity contribution in [3.8, 4) is 17.2 Å². The first-order valence-corrected chi connectivity index (χ1v) is 9.72. The van der Waals surface area contributed by atoms with Crippen molar-refractivity contribution < 1.29 is 14.2 Å². The van der Waals surface area contributed by atoms with Gasteiger partial charge < -0.3 is 24.8 Å². The maximum atomic E-state index is 5.78. The van der Waals surface area contributed by atoms with E-state index < -0.39 is 0 Å². The van der Waals surface area contributed by atoms with Crippen molar-refractivity contribution in [2.24, 2.45) is 4.99 Å². The molecule has 25 heavy (non-hydrogen) atoms. The van der Waals surface area contributed by atoms with Gasteiger partial charge in [-0.2, -0.15) is 11.8 Å². The molecule has 6 nitrogen and oxygen atoms in total. The molecule has 1 aromatic rings. The van der Waals surface area contributed by atoms with Crippen LogP contribution in [0.15, 0.2) is 23.2 Å². The minimum atomic E-state index is 0.610. The van der Waals surface area contributed by atoms with Gasteiger partial charge in [-0.15, -0.1) is 0 Å². The summed E-state index contributed by atoms with van der Waals surface area (Å²) in [6.45, 7) is 2.39. The second kappa shape index (κ2) is 11.0. The molecule has 1 aliphatic rings. The summed E-state index contributed by atoms with van der Waals surface area (Å²) in [4.78, 5) is 4.26. The van der Waals surface area contributed by atoms with Crippen molar-refractivity contribution in [3.63, 3.8) is 0 Å². The molecule has 0 radical (unpaired) electrons. The van der Waals surface area contributed by atoms with Gasteiger partial charge in [0, 0.05) is 43.6 Å². The third kappa shape index (κ3) is 6.94. The van der Waals surface area contributed by atoms with Gasteiger partial charge in [0.15, 0.2) is 5.96 Å². The fourth-order valence-corrected chi connectivity index (χ4v) is 3.77. The molecule has 1 atom stereocenters. The van der Waals surface area contributed by atoms with Crippen LogP contribution in [0.25, 0.3) is 0 Å². The summed E-state index contributed by atoms with van der Waals surface area (Å²) >= 11 is 2.04. The van der Waals surface area contributed by atoms with Crippen molar-refractivity contribution in [2.45, 2.75) is 24.5 Å². The van der Waals surface area contributed by atoms with E-state index in [1.54, 1.807) is 21.3 Å². The summed E-state index contributed by atoms with van der Waals surface area (Å²) in [5, 5.41) is 7.43.